The first kappa shape index (κ1) is 19.1. The lowest BCUT2D eigenvalue weighted by Crippen LogP contribution is -2.48. The molecular formula is C17H13BrClN3O2S. The molecular weight excluding hydrogens is 426 g/mol. The van der Waals surface area contributed by atoms with Gasteiger partial charge in [0.25, 0.3) is 5.91 Å². The average Bonchev–Trinajstić information content (AvgIpc) is 2.59. The number of halogens is 2. The minimum absolute atomic E-state index is 0.0331. The molecule has 0 heterocycles. The first-order valence-electron chi connectivity index (χ1n) is 7.06. The Balaban J connectivity index is 1.84. The van der Waals surface area contributed by atoms with Gasteiger partial charge in [0.2, 0.25) is 5.91 Å². The topological polar surface area (TPSA) is 70.2 Å². The Kier molecular flexibility index (Phi) is 7.12. The Morgan fingerprint density at radius 1 is 1.04 bits per heavy atom. The fourth-order valence-electron chi connectivity index (χ4n) is 1.79. The van der Waals surface area contributed by atoms with Crippen LogP contribution in [0.25, 0.3) is 6.08 Å². The molecule has 0 fully saturated rings. The van der Waals surface area contributed by atoms with Gasteiger partial charge in [-0.25, -0.2) is 0 Å². The summed E-state index contributed by atoms with van der Waals surface area (Å²) in [5, 5.41) is 2.92. The van der Waals surface area contributed by atoms with Crippen molar-refractivity contribution in [3.63, 3.8) is 0 Å². The van der Waals surface area contributed by atoms with E-state index in [2.05, 4.69) is 32.1 Å². The van der Waals surface area contributed by atoms with Crippen molar-refractivity contribution in [1.29, 1.82) is 0 Å². The van der Waals surface area contributed by atoms with Gasteiger partial charge in [0, 0.05) is 15.6 Å². The van der Waals surface area contributed by atoms with Crippen LogP contribution in [-0.2, 0) is 4.79 Å². The van der Waals surface area contributed by atoms with E-state index in [1.54, 1.807) is 48.5 Å². The van der Waals surface area contributed by atoms with Gasteiger partial charge in [-0.15, -0.1) is 0 Å². The zero-order valence-electron chi connectivity index (χ0n) is 12.8. The van der Waals surface area contributed by atoms with Gasteiger partial charge in [-0.3, -0.25) is 25.8 Å². The van der Waals surface area contributed by atoms with Crippen molar-refractivity contribution < 1.29 is 9.59 Å². The first-order valence-corrected chi connectivity index (χ1v) is 8.63. The maximum Gasteiger partial charge on any atom is 0.270 e. The number of rotatable bonds is 3. The lowest BCUT2D eigenvalue weighted by atomic mass is 10.2. The Hall–Kier alpha value is -2.22. The van der Waals surface area contributed by atoms with E-state index in [4.69, 9.17) is 23.8 Å². The highest BCUT2D eigenvalue weighted by Crippen LogP contribution is 2.16. The van der Waals surface area contributed by atoms with Crippen LogP contribution >= 0.6 is 39.7 Å². The number of hydrogen-bond acceptors (Lipinski definition) is 3. The van der Waals surface area contributed by atoms with Crippen LogP contribution in [0.4, 0.5) is 0 Å². The Labute approximate surface area is 163 Å². The van der Waals surface area contributed by atoms with E-state index in [0.29, 0.717) is 20.6 Å². The molecule has 0 aliphatic heterocycles. The third-order valence-electron chi connectivity index (χ3n) is 2.96. The Morgan fingerprint density at radius 3 is 2.44 bits per heavy atom. The zero-order chi connectivity index (χ0) is 18.2. The number of nitrogens with one attached hydrogen (secondary N) is 3. The summed E-state index contributed by atoms with van der Waals surface area (Å²) in [6.07, 6.45) is 2.87. The van der Waals surface area contributed by atoms with E-state index in [9.17, 15) is 9.59 Å². The second-order valence-corrected chi connectivity index (χ2v) is 6.40. The quantitative estimate of drug-likeness (QED) is 0.390. The third-order valence-corrected chi connectivity index (χ3v) is 4.20. The smallest absolute Gasteiger partial charge is 0.270 e. The van der Waals surface area contributed by atoms with Gasteiger partial charge in [-0.1, -0.05) is 41.9 Å². The van der Waals surface area contributed by atoms with Gasteiger partial charge in [0.15, 0.2) is 5.11 Å². The number of amides is 2. The lowest BCUT2D eigenvalue weighted by molar-refractivity contribution is -0.115. The summed E-state index contributed by atoms with van der Waals surface area (Å²) in [6.45, 7) is 0. The summed E-state index contributed by atoms with van der Waals surface area (Å²) in [5.41, 5.74) is 6.02. The predicted octanol–water partition coefficient (Wildman–Crippen LogP) is 3.45. The van der Waals surface area contributed by atoms with Crippen LogP contribution in [0.15, 0.2) is 59.1 Å². The van der Waals surface area contributed by atoms with Crippen molar-refractivity contribution >= 4 is 62.8 Å². The van der Waals surface area contributed by atoms with Crippen LogP contribution in [0, 0.1) is 0 Å². The maximum atomic E-state index is 12.0. The van der Waals surface area contributed by atoms with Crippen LogP contribution in [-0.4, -0.2) is 16.9 Å². The summed E-state index contributed by atoms with van der Waals surface area (Å²) in [7, 11) is 0. The molecule has 2 aromatic rings. The number of thiocarbonyl (C=S) groups is 1. The van der Waals surface area contributed by atoms with Crippen LogP contribution in [0.2, 0.25) is 5.02 Å². The standard InChI is InChI=1S/C17H13BrClN3O2S/c18-13-7-3-2-6-12(13)16(24)21-22-17(25)20-15(23)10-9-11-5-1-4-8-14(11)19/h1-10H,(H,21,24)(H2,20,22,23,25). The van der Waals surface area contributed by atoms with E-state index < -0.39 is 11.8 Å². The third kappa shape index (κ3) is 5.97. The summed E-state index contributed by atoms with van der Waals surface area (Å²) in [5.74, 6) is -0.844. The van der Waals surface area contributed by atoms with Crippen LogP contribution in [0.3, 0.4) is 0 Å². The van der Waals surface area contributed by atoms with E-state index >= 15 is 0 Å². The first-order chi connectivity index (χ1) is 12.0. The molecule has 8 heteroatoms. The molecule has 2 aromatic carbocycles. The van der Waals surface area contributed by atoms with Crippen LogP contribution < -0.4 is 16.2 Å². The minimum atomic E-state index is -0.451. The molecule has 0 saturated heterocycles. The molecule has 2 rings (SSSR count). The molecule has 0 bridgehead atoms. The van der Waals surface area contributed by atoms with Crippen LogP contribution in [0.1, 0.15) is 15.9 Å². The normalized spacial score (nSPS) is 10.3. The van der Waals surface area contributed by atoms with Gasteiger partial charge in [0.05, 0.1) is 5.56 Å². The minimum Gasteiger partial charge on any atom is -0.298 e. The number of carbonyl (C=O) groups is 2. The molecule has 25 heavy (non-hydrogen) atoms. The van der Waals surface area contributed by atoms with Crippen molar-refractivity contribution in [2.45, 2.75) is 0 Å². The van der Waals surface area contributed by atoms with E-state index in [1.807, 2.05) is 6.07 Å². The molecule has 0 saturated carbocycles. The SMILES string of the molecule is O=C(C=Cc1ccccc1Cl)NC(=S)NNC(=O)c1ccccc1Br. The Bertz CT molecular complexity index is 842. The molecule has 0 aliphatic rings. The van der Waals surface area contributed by atoms with E-state index in [1.165, 1.54) is 6.08 Å². The molecule has 128 valence electrons. The van der Waals surface area contributed by atoms with Gasteiger partial charge < -0.3 is 0 Å². The number of carbonyl (C=O) groups excluding carboxylic acids is 2. The second-order valence-electron chi connectivity index (χ2n) is 4.73. The molecule has 5 nitrogen and oxygen atoms in total. The van der Waals surface area contributed by atoms with Crippen molar-refractivity contribution in [2.75, 3.05) is 0 Å². The molecule has 3 N–H and O–H groups in total. The zero-order valence-corrected chi connectivity index (χ0v) is 15.9. The van der Waals surface area contributed by atoms with Gasteiger partial charge in [0.1, 0.15) is 0 Å². The average molecular weight is 439 g/mol. The summed E-state index contributed by atoms with van der Waals surface area (Å²) in [6, 6.07) is 14.0. The molecule has 0 radical (unpaired) electrons. The van der Waals surface area contributed by atoms with Crippen molar-refractivity contribution in [3.05, 3.63) is 75.2 Å². The molecule has 0 aliphatic carbocycles. The summed E-state index contributed by atoms with van der Waals surface area (Å²) >= 11 is 14.2. The highest BCUT2D eigenvalue weighted by molar-refractivity contribution is 9.10. The monoisotopic (exact) mass is 437 g/mol. The molecule has 0 aromatic heterocycles. The predicted molar refractivity (Wildman–Crippen MR) is 106 cm³/mol. The molecule has 2 amide bonds. The highest BCUT2D eigenvalue weighted by atomic mass is 79.9. The second kappa shape index (κ2) is 9.31. The largest absolute Gasteiger partial charge is 0.298 e. The van der Waals surface area contributed by atoms with E-state index in [0.717, 1.165) is 0 Å². The van der Waals surface area contributed by atoms with Gasteiger partial charge in [-0.2, -0.15) is 0 Å². The molecule has 0 unspecified atom stereocenters. The molecule has 0 atom stereocenters. The number of benzene rings is 2. The van der Waals surface area contributed by atoms with E-state index in [-0.39, 0.29) is 5.11 Å². The number of hydrazine groups is 1. The number of hydrogen-bond donors (Lipinski definition) is 3. The van der Waals surface area contributed by atoms with Crippen molar-refractivity contribution in [2.24, 2.45) is 0 Å². The van der Waals surface area contributed by atoms with Crippen LogP contribution in [0.5, 0.6) is 0 Å². The van der Waals surface area contributed by atoms with Crippen molar-refractivity contribution in [3.8, 4) is 0 Å². The fraction of sp³-hybridized carbons (Fsp3) is 0. The summed E-state index contributed by atoms with van der Waals surface area (Å²) in [4.78, 5) is 23.8. The lowest BCUT2D eigenvalue weighted by Gasteiger charge is -2.10. The molecule has 0 spiro atoms. The summed E-state index contributed by atoms with van der Waals surface area (Å²) < 4.78 is 0.645. The highest BCUT2D eigenvalue weighted by Gasteiger charge is 2.09. The van der Waals surface area contributed by atoms with Gasteiger partial charge >= 0.3 is 0 Å². The fourth-order valence-corrected chi connectivity index (χ4v) is 2.60. The van der Waals surface area contributed by atoms with Crippen molar-refractivity contribution in [1.82, 2.24) is 16.2 Å². The van der Waals surface area contributed by atoms with Gasteiger partial charge in [-0.05, 0) is 58.0 Å². The Morgan fingerprint density at radius 2 is 1.72 bits per heavy atom. The maximum absolute atomic E-state index is 12.0.